The third-order valence-electron chi connectivity index (χ3n) is 2.41. The Bertz CT molecular complexity index is 220. The highest BCUT2D eigenvalue weighted by Crippen LogP contribution is 2.25. The summed E-state index contributed by atoms with van der Waals surface area (Å²) in [7, 11) is 1.38. The average Bonchev–Trinajstić information content (AvgIpc) is 2.50. The molecule has 1 aliphatic carbocycles. The van der Waals surface area contributed by atoms with Crippen LogP contribution in [-0.2, 0) is 9.53 Å². The van der Waals surface area contributed by atoms with Gasteiger partial charge in [0.1, 0.15) is 0 Å². The summed E-state index contributed by atoms with van der Waals surface area (Å²) in [6.45, 7) is 1.78. The third kappa shape index (κ3) is 2.56. The van der Waals surface area contributed by atoms with Gasteiger partial charge in [-0.25, -0.2) is 0 Å². The van der Waals surface area contributed by atoms with Crippen LogP contribution in [0.2, 0.25) is 0 Å². The maximum absolute atomic E-state index is 11.1. The molecule has 1 fully saturated rings. The second kappa shape index (κ2) is 4.42. The number of rotatable bonds is 2. The topological polar surface area (TPSA) is 46.5 Å². The van der Waals surface area contributed by atoms with Gasteiger partial charge in [0.05, 0.1) is 19.1 Å². The summed E-state index contributed by atoms with van der Waals surface area (Å²) in [6, 6.07) is 0. The summed E-state index contributed by atoms with van der Waals surface area (Å²) in [6.07, 6.45) is 4.22. The molecule has 0 bridgehead atoms. The van der Waals surface area contributed by atoms with Crippen molar-refractivity contribution >= 4 is 5.97 Å². The fraction of sp³-hybridized carbons (Fsp3) is 0.700. The van der Waals surface area contributed by atoms with Gasteiger partial charge in [-0.15, -0.1) is 0 Å². The molecular weight excluding hydrogens is 168 g/mol. The number of hydrogen-bond donors (Lipinski definition) is 1. The first kappa shape index (κ1) is 10.3. The first-order valence-corrected chi connectivity index (χ1v) is 4.61. The van der Waals surface area contributed by atoms with E-state index in [1.165, 1.54) is 7.11 Å². The SMILES string of the molecule is COC(=O)C(C)/C=C1\CCCC1O. The summed E-state index contributed by atoms with van der Waals surface area (Å²) in [5.74, 6) is -0.487. The van der Waals surface area contributed by atoms with Crippen LogP contribution >= 0.6 is 0 Å². The van der Waals surface area contributed by atoms with Crippen LogP contribution < -0.4 is 0 Å². The normalized spacial score (nSPS) is 27.6. The minimum absolute atomic E-state index is 0.243. The molecule has 3 nitrogen and oxygen atoms in total. The molecule has 2 atom stereocenters. The van der Waals surface area contributed by atoms with E-state index >= 15 is 0 Å². The predicted octanol–water partition coefficient (Wildman–Crippen LogP) is 1.27. The molecule has 0 aromatic heterocycles. The van der Waals surface area contributed by atoms with Crippen molar-refractivity contribution in [3.63, 3.8) is 0 Å². The molecule has 1 rings (SSSR count). The van der Waals surface area contributed by atoms with E-state index < -0.39 is 0 Å². The molecule has 0 aliphatic heterocycles. The van der Waals surface area contributed by atoms with Crippen LogP contribution in [0, 0.1) is 5.92 Å². The number of ether oxygens (including phenoxy) is 1. The lowest BCUT2D eigenvalue weighted by Gasteiger charge is -2.07. The molecule has 0 aromatic carbocycles. The van der Waals surface area contributed by atoms with Crippen molar-refractivity contribution in [1.29, 1.82) is 0 Å². The number of aliphatic hydroxyl groups excluding tert-OH is 1. The maximum atomic E-state index is 11.1. The summed E-state index contributed by atoms with van der Waals surface area (Å²) >= 11 is 0. The van der Waals surface area contributed by atoms with Gasteiger partial charge < -0.3 is 9.84 Å². The molecule has 0 radical (unpaired) electrons. The van der Waals surface area contributed by atoms with Crippen LogP contribution in [-0.4, -0.2) is 24.3 Å². The smallest absolute Gasteiger partial charge is 0.312 e. The van der Waals surface area contributed by atoms with Gasteiger partial charge in [-0.05, 0) is 31.8 Å². The van der Waals surface area contributed by atoms with Crippen LogP contribution in [0.1, 0.15) is 26.2 Å². The number of hydrogen-bond acceptors (Lipinski definition) is 3. The van der Waals surface area contributed by atoms with E-state index in [0.717, 1.165) is 24.8 Å². The van der Waals surface area contributed by atoms with Gasteiger partial charge in [0.2, 0.25) is 0 Å². The second-order valence-corrected chi connectivity index (χ2v) is 3.46. The molecule has 1 saturated carbocycles. The minimum atomic E-state index is -0.341. The lowest BCUT2D eigenvalue weighted by Crippen LogP contribution is -2.12. The van der Waals surface area contributed by atoms with Crippen LogP contribution in [0.4, 0.5) is 0 Å². The van der Waals surface area contributed by atoms with Crippen molar-refractivity contribution in [3.05, 3.63) is 11.6 Å². The third-order valence-corrected chi connectivity index (χ3v) is 2.41. The van der Waals surface area contributed by atoms with E-state index in [1.54, 1.807) is 6.92 Å². The Morgan fingerprint density at radius 3 is 2.92 bits per heavy atom. The standard InChI is InChI=1S/C10H16O3/c1-7(10(12)13-2)6-8-4-3-5-9(8)11/h6-7,9,11H,3-5H2,1-2H3/b8-6+. The highest BCUT2D eigenvalue weighted by atomic mass is 16.5. The highest BCUT2D eigenvalue weighted by molar-refractivity contribution is 5.74. The lowest BCUT2D eigenvalue weighted by molar-refractivity contribution is -0.143. The van der Waals surface area contributed by atoms with E-state index in [4.69, 9.17) is 0 Å². The number of carbonyl (C=O) groups excluding carboxylic acids is 1. The quantitative estimate of drug-likeness (QED) is 0.519. The molecule has 0 saturated heterocycles. The minimum Gasteiger partial charge on any atom is -0.469 e. The van der Waals surface area contributed by atoms with E-state index in [9.17, 15) is 9.90 Å². The molecule has 1 aliphatic rings. The zero-order valence-corrected chi connectivity index (χ0v) is 8.12. The van der Waals surface area contributed by atoms with E-state index in [0.29, 0.717) is 0 Å². The number of methoxy groups -OCH3 is 1. The molecule has 0 amide bonds. The second-order valence-electron chi connectivity index (χ2n) is 3.46. The molecule has 0 heterocycles. The molecule has 0 spiro atoms. The summed E-state index contributed by atoms with van der Waals surface area (Å²) in [5, 5.41) is 9.47. The summed E-state index contributed by atoms with van der Waals surface area (Å²) in [5.41, 5.74) is 0.984. The Balaban J connectivity index is 2.58. The van der Waals surface area contributed by atoms with Crippen molar-refractivity contribution in [1.82, 2.24) is 0 Å². The number of aliphatic hydroxyl groups is 1. The van der Waals surface area contributed by atoms with Gasteiger partial charge in [-0.1, -0.05) is 6.08 Å². The summed E-state index contributed by atoms with van der Waals surface area (Å²) < 4.78 is 4.59. The van der Waals surface area contributed by atoms with E-state index in [-0.39, 0.29) is 18.0 Å². The Morgan fingerprint density at radius 2 is 2.46 bits per heavy atom. The van der Waals surface area contributed by atoms with Gasteiger partial charge in [-0.3, -0.25) is 4.79 Å². The Labute approximate surface area is 78.4 Å². The van der Waals surface area contributed by atoms with Crippen molar-refractivity contribution in [2.24, 2.45) is 5.92 Å². The number of carbonyl (C=O) groups is 1. The predicted molar refractivity (Wildman–Crippen MR) is 49.1 cm³/mol. The van der Waals surface area contributed by atoms with Gasteiger partial charge in [0.25, 0.3) is 0 Å². The lowest BCUT2D eigenvalue weighted by atomic mass is 10.1. The van der Waals surface area contributed by atoms with Gasteiger partial charge in [-0.2, -0.15) is 0 Å². The zero-order valence-electron chi connectivity index (χ0n) is 8.12. The monoisotopic (exact) mass is 184 g/mol. The van der Waals surface area contributed by atoms with Crippen LogP contribution in [0.5, 0.6) is 0 Å². The molecule has 2 unspecified atom stereocenters. The van der Waals surface area contributed by atoms with Crippen LogP contribution in [0.3, 0.4) is 0 Å². The first-order chi connectivity index (χ1) is 6.15. The molecule has 13 heavy (non-hydrogen) atoms. The molecule has 1 N–H and O–H groups in total. The fourth-order valence-corrected chi connectivity index (χ4v) is 1.62. The maximum Gasteiger partial charge on any atom is 0.312 e. The van der Waals surface area contributed by atoms with Gasteiger partial charge >= 0.3 is 5.97 Å². The van der Waals surface area contributed by atoms with Crippen molar-refractivity contribution in [3.8, 4) is 0 Å². The van der Waals surface area contributed by atoms with Gasteiger partial charge in [0, 0.05) is 0 Å². The highest BCUT2D eigenvalue weighted by Gasteiger charge is 2.20. The van der Waals surface area contributed by atoms with Crippen molar-refractivity contribution in [2.45, 2.75) is 32.3 Å². The largest absolute Gasteiger partial charge is 0.469 e. The van der Waals surface area contributed by atoms with Crippen molar-refractivity contribution in [2.75, 3.05) is 7.11 Å². The average molecular weight is 184 g/mol. The van der Waals surface area contributed by atoms with Crippen LogP contribution in [0.15, 0.2) is 11.6 Å². The molecule has 3 heteroatoms. The summed E-state index contributed by atoms with van der Waals surface area (Å²) in [4.78, 5) is 11.1. The molecular formula is C10H16O3. The van der Waals surface area contributed by atoms with E-state index in [1.807, 2.05) is 6.08 Å². The fourth-order valence-electron chi connectivity index (χ4n) is 1.62. The van der Waals surface area contributed by atoms with Crippen LogP contribution in [0.25, 0.3) is 0 Å². The number of esters is 1. The van der Waals surface area contributed by atoms with E-state index in [2.05, 4.69) is 4.74 Å². The van der Waals surface area contributed by atoms with Gasteiger partial charge in [0.15, 0.2) is 0 Å². The zero-order chi connectivity index (χ0) is 9.84. The Morgan fingerprint density at radius 1 is 1.77 bits per heavy atom. The molecule has 74 valence electrons. The Hall–Kier alpha value is -0.830. The first-order valence-electron chi connectivity index (χ1n) is 4.61. The van der Waals surface area contributed by atoms with Crippen molar-refractivity contribution < 1.29 is 14.6 Å². The molecule has 0 aromatic rings. The Kier molecular flexibility index (Phi) is 3.48.